The summed E-state index contributed by atoms with van der Waals surface area (Å²) < 4.78 is 0. The van der Waals surface area contributed by atoms with Crippen LogP contribution in [0.5, 0.6) is 0 Å². The maximum absolute atomic E-state index is 12.5. The summed E-state index contributed by atoms with van der Waals surface area (Å²) in [6, 6.07) is 13.4. The van der Waals surface area contributed by atoms with Gasteiger partial charge < -0.3 is 11.1 Å². The number of aromatic amines is 1. The van der Waals surface area contributed by atoms with Crippen molar-refractivity contribution in [2.45, 2.75) is 38.1 Å². The average molecular weight is 334 g/mol. The molecular formula is C20H22N4O. The highest BCUT2D eigenvalue weighted by atomic mass is 16.2. The van der Waals surface area contributed by atoms with E-state index in [-0.39, 0.29) is 5.91 Å². The number of hydrogen-bond donors (Lipinski definition) is 3. The van der Waals surface area contributed by atoms with E-state index in [2.05, 4.69) is 27.6 Å². The zero-order valence-corrected chi connectivity index (χ0v) is 14.1. The fourth-order valence-electron chi connectivity index (χ4n) is 3.53. The smallest absolute Gasteiger partial charge is 0.241 e. The molecule has 1 aliphatic carbocycles. The summed E-state index contributed by atoms with van der Waals surface area (Å²) in [4.78, 5) is 12.5. The van der Waals surface area contributed by atoms with Gasteiger partial charge in [0.1, 0.15) is 0 Å². The zero-order chi connectivity index (χ0) is 17.2. The van der Waals surface area contributed by atoms with Crippen LogP contribution in [0.4, 0.5) is 5.69 Å². The summed E-state index contributed by atoms with van der Waals surface area (Å²) in [7, 11) is 0. The maximum atomic E-state index is 12.5. The van der Waals surface area contributed by atoms with Crippen LogP contribution in [-0.4, -0.2) is 22.1 Å². The van der Waals surface area contributed by atoms with Gasteiger partial charge in [-0.15, -0.1) is 0 Å². The monoisotopic (exact) mass is 334 g/mol. The Hall–Kier alpha value is -2.66. The molecule has 0 spiro atoms. The number of H-pyrrole nitrogens is 1. The first-order valence-corrected chi connectivity index (χ1v) is 8.81. The third kappa shape index (κ3) is 3.28. The largest absolute Gasteiger partial charge is 0.325 e. The minimum absolute atomic E-state index is 0.172. The van der Waals surface area contributed by atoms with Crippen LogP contribution < -0.4 is 11.1 Å². The Balaban J connectivity index is 1.45. The second kappa shape index (κ2) is 6.69. The molecule has 1 aromatic heterocycles. The summed E-state index contributed by atoms with van der Waals surface area (Å²) in [5, 5.41) is 11.2. The van der Waals surface area contributed by atoms with Crippen LogP contribution in [-0.2, 0) is 24.1 Å². The van der Waals surface area contributed by atoms with Crippen molar-refractivity contribution in [3.63, 3.8) is 0 Å². The van der Waals surface area contributed by atoms with E-state index in [4.69, 9.17) is 5.73 Å². The minimum Gasteiger partial charge on any atom is -0.325 e. The van der Waals surface area contributed by atoms with Crippen LogP contribution in [0.25, 0.3) is 10.9 Å². The second-order valence-corrected chi connectivity index (χ2v) is 6.71. The van der Waals surface area contributed by atoms with E-state index in [1.807, 2.05) is 30.3 Å². The van der Waals surface area contributed by atoms with Gasteiger partial charge in [0.2, 0.25) is 5.91 Å². The normalized spacial score (nSPS) is 14.9. The third-order valence-corrected chi connectivity index (χ3v) is 4.92. The number of aryl methyl sites for hydroxylation is 2. The van der Waals surface area contributed by atoms with Gasteiger partial charge in [-0.05, 0) is 55.0 Å². The summed E-state index contributed by atoms with van der Waals surface area (Å²) in [6.07, 6.45) is 5.12. The van der Waals surface area contributed by atoms with Crippen molar-refractivity contribution in [1.29, 1.82) is 0 Å². The van der Waals surface area contributed by atoms with Crippen LogP contribution in [0.15, 0.2) is 42.5 Å². The van der Waals surface area contributed by atoms with Crippen LogP contribution >= 0.6 is 0 Å². The first kappa shape index (κ1) is 15.8. The summed E-state index contributed by atoms with van der Waals surface area (Å²) in [6.45, 7) is 0. The van der Waals surface area contributed by atoms with Gasteiger partial charge in [-0.1, -0.05) is 24.3 Å². The number of benzene rings is 2. The molecule has 0 saturated heterocycles. The van der Waals surface area contributed by atoms with E-state index in [0.717, 1.165) is 35.1 Å². The molecule has 128 valence electrons. The van der Waals surface area contributed by atoms with Crippen LogP contribution in [0.1, 0.15) is 29.7 Å². The van der Waals surface area contributed by atoms with Crippen molar-refractivity contribution in [3.8, 4) is 0 Å². The number of nitrogens with one attached hydrogen (secondary N) is 2. The molecule has 1 heterocycles. The van der Waals surface area contributed by atoms with E-state index in [1.54, 1.807) is 0 Å². The zero-order valence-electron chi connectivity index (χ0n) is 14.1. The predicted molar refractivity (Wildman–Crippen MR) is 99.5 cm³/mol. The van der Waals surface area contributed by atoms with Crippen molar-refractivity contribution in [2.24, 2.45) is 5.73 Å². The Labute approximate surface area is 146 Å². The molecule has 25 heavy (non-hydrogen) atoms. The number of rotatable bonds is 4. The Morgan fingerprint density at radius 2 is 1.96 bits per heavy atom. The molecule has 0 fully saturated rings. The van der Waals surface area contributed by atoms with Crippen LogP contribution in [0.2, 0.25) is 0 Å². The summed E-state index contributed by atoms with van der Waals surface area (Å²) in [5.41, 5.74) is 11.5. The number of nitrogens with two attached hydrogens (primary N) is 1. The molecule has 0 aliphatic heterocycles. The predicted octanol–water partition coefficient (Wildman–Crippen LogP) is 2.95. The van der Waals surface area contributed by atoms with Gasteiger partial charge in [0, 0.05) is 23.2 Å². The first-order chi connectivity index (χ1) is 12.2. The number of anilines is 1. The number of carbonyl (C=O) groups is 1. The maximum Gasteiger partial charge on any atom is 0.241 e. The van der Waals surface area contributed by atoms with E-state index in [0.29, 0.717) is 6.42 Å². The van der Waals surface area contributed by atoms with Gasteiger partial charge >= 0.3 is 0 Å². The van der Waals surface area contributed by atoms with Crippen LogP contribution in [0.3, 0.4) is 0 Å². The fraction of sp³-hybridized carbons (Fsp3) is 0.300. The molecule has 5 heteroatoms. The van der Waals surface area contributed by atoms with Gasteiger partial charge in [0.25, 0.3) is 0 Å². The fourth-order valence-corrected chi connectivity index (χ4v) is 3.53. The first-order valence-electron chi connectivity index (χ1n) is 8.81. The Bertz CT molecular complexity index is 915. The van der Waals surface area contributed by atoms with Crippen LogP contribution in [0, 0.1) is 0 Å². The molecule has 1 unspecified atom stereocenters. The molecule has 0 bridgehead atoms. The summed E-state index contributed by atoms with van der Waals surface area (Å²) in [5.74, 6) is -0.172. The van der Waals surface area contributed by atoms with Gasteiger partial charge in [0.05, 0.1) is 11.6 Å². The number of hydrogen-bond acceptors (Lipinski definition) is 3. The lowest BCUT2D eigenvalue weighted by Crippen LogP contribution is -2.37. The Morgan fingerprint density at radius 1 is 1.16 bits per heavy atom. The molecular weight excluding hydrogens is 312 g/mol. The van der Waals surface area contributed by atoms with Gasteiger partial charge in [-0.2, -0.15) is 5.10 Å². The number of carbonyl (C=O) groups excluding carboxylic acids is 1. The molecule has 1 aliphatic rings. The lowest BCUT2D eigenvalue weighted by atomic mass is 9.91. The molecule has 2 aromatic carbocycles. The van der Waals surface area contributed by atoms with Gasteiger partial charge in [-0.3, -0.25) is 9.89 Å². The highest BCUT2D eigenvalue weighted by Gasteiger charge is 2.18. The molecule has 1 amide bonds. The topological polar surface area (TPSA) is 83.8 Å². The quantitative estimate of drug-likeness (QED) is 0.686. The number of amides is 1. The molecule has 4 rings (SSSR count). The van der Waals surface area contributed by atoms with Crippen molar-refractivity contribution < 1.29 is 4.79 Å². The molecule has 0 saturated carbocycles. The number of para-hydroxylation sites is 1. The SMILES string of the molecule is NC(Cc1[nH]nc2ccccc12)C(=O)Nc1ccc2c(c1)CCCC2. The van der Waals surface area contributed by atoms with E-state index in [1.165, 1.54) is 24.0 Å². The summed E-state index contributed by atoms with van der Waals surface area (Å²) >= 11 is 0. The van der Waals surface area contributed by atoms with E-state index in [9.17, 15) is 4.79 Å². The molecule has 3 aromatic rings. The molecule has 0 radical (unpaired) electrons. The number of fused-ring (bicyclic) bond motifs is 2. The Kier molecular flexibility index (Phi) is 4.24. The van der Waals surface area contributed by atoms with Crippen molar-refractivity contribution in [2.75, 3.05) is 5.32 Å². The van der Waals surface area contributed by atoms with Crippen molar-refractivity contribution >= 4 is 22.5 Å². The number of nitrogens with zero attached hydrogens (tertiary/aromatic N) is 1. The lowest BCUT2D eigenvalue weighted by Gasteiger charge is -2.18. The second-order valence-electron chi connectivity index (χ2n) is 6.71. The molecule has 1 atom stereocenters. The standard InChI is InChI=1S/C20H22N4O/c21-17(12-19-16-7-3-4-8-18(16)23-24-19)20(25)22-15-10-9-13-5-1-2-6-14(13)11-15/h3-4,7-11,17H,1-2,5-6,12,21H2,(H,22,25)(H,23,24). The van der Waals surface area contributed by atoms with Gasteiger partial charge in [0.15, 0.2) is 0 Å². The van der Waals surface area contributed by atoms with Crippen molar-refractivity contribution in [3.05, 3.63) is 59.3 Å². The highest BCUT2D eigenvalue weighted by molar-refractivity contribution is 5.95. The lowest BCUT2D eigenvalue weighted by molar-refractivity contribution is -0.117. The highest BCUT2D eigenvalue weighted by Crippen LogP contribution is 2.24. The average Bonchev–Trinajstić information content (AvgIpc) is 3.04. The molecule has 4 N–H and O–H groups in total. The minimum atomic E-state index is -0.625. The van der Waals surface area contributed by atoms with E-state index < -0.39 is 6.04 Å². The molecule has 5 nitrogen and oxygen atoms in total. The third-order valence-electron chi connectivity index (χ3n) is 4.92. The van der Waals surface area contributed by atoms with E-state index >= 15 is 0 Å². The van der Waals surface area contributed by atoms with Gasteiger partial charge in [-0.25, -0.2) is 0 Å². The van der Waals surface area contributed by atoms with Crippen molar-refractivity contribution in [1.82, 2.24) is 10.2 Å². The Morgan fingerprint density at radius 3 is 2.84 bits per heavy atom. The number of aromatic nitrogens is 2.